The van der Waals surface area contributed by atoms with Crippen LogP contribution in [0.15, 0.2) is 45.1 Å². The molecule has 1 aliphatic rings. The number of likely N-dealkylation sites (N-methyl/N-ethyl adjacent to an activating group) is 1. The van der Waals surface area contributed by atoms with E-state index in [0.717, 1.165) is 54.3 Å². The first kappa shape index (κ1) is 17.5. The maximum Gasteiger partial charge on any atom is 0.345 e. The van der Waals surface area contributed by atoms with E-state index < -0.39 is 0 Å². The van der Waals surface area contributed by atoms with E-state index in [0.29, 0.717) is 16.8 Å². The number of aromatic nitrogens is 2. The van der Waals surface area contributed by atoms with Crippen LogP contribution in [0.2, 0.25) is 0 Å². The summed E-state index contributed by atoms with van der Waals surface area (Å²) in [5.74, 6) is 0. The summed E-state index contributed by atoms with van der Waals surface area (Å²) in [5, 5.41) is 2.97. The minimum atomic E-state index is -0.344. The number of aryl methyl sites for hydroxylation is 1. The van der Waals surface area contributed by atoms with Crippen molar-refractivity contribution in [2.45, 2.75) is 13.3 Å². The Hall–Kier alpha value is -2.64. The summed E-state index contributed by atoms with van der Waals surface area (Å²) in [6.07, 6.45) is 3.04. The zero-order chi connectivity index (χ0) is 19.3. The molecular weight excluding hydrogens is 372 g/mol. The Morgan fingerprint density at radius 2 is 2.04 bits per heavy atom. The van der Waals surface area contributed by atoms with Crippen LogP contribution in [0.3, 0.4) is 0 Å². The molecule has 0 unspecified atom stereocenters. The zero-order valence-electron chi connectivity index (χ0n) is 16.0. The van der Waals surface area contributed by atoms with Gasteiger partial charge in [-0.05, 0) is 45.1 Å². The molecular formula is C21H22N4O2S. The number of hydrogen-bond acceptors (Lipinski definition) is 6. The standard InChI is InChI=1S/C21H22N4O2S/c1-14-13-28-21-22-18(12-25(14)21)17-10-15-4-5-16(11-19(15)27-20(17)26)24-7-3-6-23(2)8-9-24/h4-5,10-13H,3,6-9H2,1-2H3. The Morgan fingerprint density at radius 1 is 1.14 bits per heavy atom. The average Bonchev–Trinajstić information content (AvgIpc) is 3.17. The monoisotopic (exact) mass is 394 g/mol. The highest BCUT2D eigenvalue weighted by Gasteiger charge is 2.16. The van der Waals surface area contributed by atoms with Crippen molar-refractivity contribution < 1.29 is 4.42 Å². The highest BCUT2D eigenvalue weighted by molar-refractivity contribution is 7.15. The van der Waals surface area contributed by atoms with Crippen LogP contribution < -0.4 is 10.5 Å². The predicted octanol–water partition coefficient (Wildman–Crippen LogP) is 3.62. The minimum absolute atomic E-state index is 0.344. The molecule has 1 fully saturated rings. The molecule has 0 radical (unpaired) electrons. The molecule has 28 heavy (non-hydrogen) atoms. The zero-order valence-corrected chi connectivity index (χ0v) is 16.8. The van der Waals surface area contributed by atoms with E-state index in [1.807, 2.05) is 35.7 Å². The van der Waals surface area contributed by atoms with E-state index in [9.17, 15) is 4.79 Å². The molecule has 4 heterocycles. The van der Waals surface area contributed by atoms with E-state index in [4.69, 9.17) is 4.42 Å². The fraction of sp³-hybridized carbons (Fsp3) is 0.333. The largest absolute Gasteiger partial charge is 0.422 e. The van der Waals surface area contributed by atoms with Crippen LogP contribution >= 0.6 is 11.3 Å². The van der Waals surface area contributed by atoms with Crippen LogP contribution in [-0.4, -0.2) is 47.5 Å². The normalized spacial score (nSPS) is 16.1. The quantitative estimate of drug-likeness (QED) is 0.486. The van der Waals surface area contributed by atoms with Crippen molar-refractivity contribution in [3.05, 3.63) is 52.0 Å². The van der Waals surface area contributed by atoms with E-state index in [1.54, 1.807) is 11.3 Å². The van der Waals surface area contributed by atoms with Gasteiger partial charge in [0.15, 0.2) is 4.96 Å². The minimum Gasteiger partial charge on any atom is -0.422 e. The molecule has 1 aromatic carbocycles. The van der Waals surface area contributed by atoms with E-state index >= 15 is 0 Å². The second-order valence-corrected chi connectivity index (χ2v) is 8.31. The van der Waals surface area contributed by atoms with Gasteiger partial charge < -0.3 is 14.2 Å². The Labute approximate surface area is 166 Å². The average molecular weight is 395 g/mol. The summed E-state index contributed by atoms with van der Waals surface area (Å²) in [4.78, 5) is 22.9. The number of fused-ring (bicyclic) bond motifs is 2. The topological polar surface area (TPSA) is 54.0 Å². The number of rotatable bonds is 2. The smallest absolute Gasteiger partial charge is 0.345 e. The number of benzene rings is 1. The molecule has 1 saturated heterocycles. The van der Waals surface area contributed by atoms with Gasteiger partial charge >= 0.3 is 5.63 Å². The van der Waals surface area contributed by atoms with Crippen molar-refractivity contribution in [2.75, 3.05) is 38.1 Å². The van der Waals surface area contributed by atoms with E-state index in [2.05, 4.69) is 33.3 Å². The van der Waals surface area contributed by atoms with Crippen LogP contribution in [0.5, 0.6) is 0 Å². The van der Waals surface area contributed by atoms with Gasteiger partial charge in [0, 0.05) is 54.0 Å². The summed E-state index contributed by atoms with van der Waals surface area (Å²) in [6, 6.07) is 8.04. The Bertz CT molecular complexity index is 1220. The molecule has 0 N–H and O–H groups in total. The highest BCUT2D eigenvalue weighted by atomic mass is 32.1. The molecule has 6 nitrogen and oxygen atoms in total. The molecule has 5 rings (SSSR count). The molecule has 7 heteroatoms. The van der Waals surface area contributed by atoms with Crippen LogP contribution in [0.4, 0.5) is 5.69 Å². The van der Waals surface area contributed by atoms with E-state index in [-0.39, 0.29) is 5.63 Å². The van der Waals surface area contributed by atoms with Gasteiger partial charge in [0.25, 0.3) is 0 Å². The lowest BCUT2D eigenvalue weighted by atomic mass is 10.1. The molecule has 144 valence electrons. The third-order valence-corrected chi connectivity index (χ3v) is 6.43. The van der Waals surface area contributed by atoms with Crippen molar-refractivity contribution in [1.29, 1.82) is 0 Å². The van der Waals surface area contributed by atoms with Gasteiger partial charge in [-0.15, -0.1) is 11.3 Å². The van der Waals surface area contributed by atoms with Crippen LogP contribution in [0.25, 0.3) is 27.2 Å². The molecule has 4 aromatic rings. The second-order valence-electron chi connectivity index (χ2n) is 7.47. The summed E-state index contributed by atoms with van der Waals surface area (Å²) in [5.41, 5.74) is 3.66. The maximum atomic E-state index is 12.7. The van der Waals surface area contributed by atoms with Gasteiger partial charge in [0.1, 0.15) is 5.58 Å². The summed E-state index contributed by atoms with van der Waals surface area (Å²) in [7, 11) is 2.16. The first-order valence-corrected chi connectivity index (χ1v) is 10.4. The molecule has 0 aliphatic carbocycles. The van der Waals surface area contributed by atoms with Gasteiger partial charge in [-0.1, -0.05) is 0 Å². The third-order valence-electron chi connectivity index (χ3n) is 5.47. The van der Waals surface area contributed by atoms with Crippen LogP contribution in [0, 0.1) is 6.92 Å². The number of nitrogens with zero attached hydrogens (tertiary/aromatic N) is 4. The predicted molar refractivity (Wildman–Crippen MR) is 114 cm³/mol. The fourth-order valence-corrected chi connectivity index (χ4v) is 4.65. The molecule has 0 atom stereocenters. The van der Waals surface area contributed by atoms with Crippen molar-refractivity contribution in [2.24, 2.45) is 0 Å². The molecule has 0 saturated carbocycles. The highest BCUT2D eigenvalue weighted by Crippen LogP contribution is 2.27. The molecule has 0 spiro atoms. The Morgan fingerprint density at radius 3 is 2.89 bits per heavy atom. The third kappa shape index (κ3) is 3.00. The van der Waals surface area contributed by atoms with Crippen LogP contribution in [0.1, 0.15) is 12.1 Å². The number of thiazole rings is 1. The van der Waals surface area contributed by atoms with Gasteiger partial charge in [-0.3, -0.25) is 4.40 Å². The number of imidazole rings is 1. The SMILES string of the molecule is Cc1csc2nc(-c3cc4ccc(N5CCCN(C)CC5)cc4oc3=O)cn12. The lowest BCUT2D eigenvalue weighted by Gasteiger charge is -2.22. The lowest BCUT2D eigenvalue weighted by molar-refractivity contribution is 0.360. The summed E-state index contributed by atoms with van der Waals surface area (Å²) < 4.78 is 7.70. The maximum absolute atomic E-state index is 12.7. The number of anilines is 1. The summed E-state index contributed by atoms with van der Waals surface area (Å²) in [6.45, 7) is 6.18. The van der Waals surface area contributed by atoms with Gasteiger partial charge in [-0.2, -0.15) is 0 Å². The fourth-order valence-electron chi connectivity index (χ4n) is 3.80. The Kier molecular flexibility index (Phi) is 4.21. The van der Waals surface area contributed by atoms with Crippen molar-refractivity contribution >= 4 is 33.0 Å². The molecule has 3 aromatic heterocycles. The first-order valence-electron chi connectivity index (χ1n) is 9.53. The first-order chi connectivity index (χ1) is 13.6. The van der Waals surface area contributed by atoms with Crippen LogP contribution in [-0.2, 0) is 0 Å². The summed E-state index contributed by atoms with van der Waals surface area (Å²) >= 11 is 1.57. The van der Waals surface area contributed by atoms with Crippen molar-refractivity contribution in [3.8, 4) is 11.3 Å². The van der Waals surface area contributed by atoms with E-state index in [1.165, 1.54) is 0 Å². The molecule has 0 amide bonds. The van der Waals surface area contributed by atoms with Crippen molar-refractivity contribution in [1.82, 2.24) is 14.3 Å². The lowest BCUT2D eigenvalue weighted by Crippen LogP contribution is -2.28. The molecule has 1 aliphatic heterocycles. The van der Waals surface area contributed by atoms with Gasteiger partial charge in [0.05, 0.1) is 11.3 Å². The Balaban J connectivity index is 1.53. The van der Waals surface area contributed by atoms with Gasteiger partial charge in [-0.25, -0.2) is 9.78 Å². The van der Waals surface area contributed by atoms with Crippen molar-refractivity contribution in [3.63, 3.8) is 0 Å². The van der Waals surface area contributed by atoms with Gasteiger partial charge in [0.2, 0.25) is 0 Å². The molecule has 0 bridgehead atoms. The second kappa shape index (κ2) is 6.76. The number of hydrogen-bond donors (Lipinski definition) is 0.